The van der Waals surface area contributed by atoms with Crippen LogP contribution in [0, 0.1) is 0 Å². The SMILES string of the molecule is CC(C)N(C)C.CC(C)N1CCCC1.CC(C)N1CCCCC1.CC1CCCN1C. The van der Waals surface area contributed by atoms with E-state index in [4.69, 9.17) is 0 Å². The van der Waals surface area contributed by atoms with E-state index in [0.29, 0.717) is 6.04 Å². The fraction of sp³-hybridized carbons (Fsp3) is 1.00. The minimum Gasteiger partial charge on any atom is -0.307 e. The lowest BCUT2D eigenvalue weighted by atomic mass is 10.1. The smallest absolute Gasteiger partial charge is 0.00643 e. The van der Waals surface area contributed by atoms with E-state index in [1.807, 2.05) is 0 Å². The fourth-order valence-electron chi connectivity index (χ4n) is 3.77. The van der Waals surface area contributed by atoms with Crippen molar-refractivity contribution in [2.24, 2.45) is 0 Å². The predicted octanol–water partition coefficient (Wildman–Crippen LogP) is 5.43. The quantitative estimate of drug-likeness (QED) is 0.596. The van der Waals surface area contributed by atoms with Crippen molar-refractivity contribution in [1.29, 1.82) is 0 Å². The van der Waals surface area contributed by atoms with Crippen molar-refractivity contribution in [2.45, 2.75) is 118 Å². The van der Waals surface area contributed by atoms with Crippen LogP contribution in [0.1, 0.15) is 93.4 Å². The second-order valence-corrected chi connectivity index (χ2v) is 10.6. The highest BCUT2D eigenvalue weighted by molar-refractivity contribution is 4.70. The molecule has 0 aliphatic carbocycles. The van der Waals surface area contributed by atoms with Crippen LogP contribution < -0.4 is 0 Å². The van der Waals surface area contributed by atoms with Gasteiger partial charge < -0.3 is 19.6 Å². The standard InChI is InChI=1S/C8H17N.C7H15N.C6H13N.C5H13N/c1-8(2)9-6-4-3-5-7-9;1-7(2)8-5-3-4-6-8;1-6-4-3-5-7(6)2;1-5(2)6(3)4/h8H,3-7H2,1-2H3;7H,3-6H2,1-2H3;6H,3-5H2,1-2H3;5H,1-4H3. The van der Waals surface area contributed by atoms with Gasteiger partial charge in [0.1, 0.15) is 0 Å². The Balaban J connectivity index is 0.000000378. The summed E-state index contributed by atoms with van der Waals surface area (Å²) in [6.45, 7) is 22.4. The minimum atomic E-state index is 0.685. The molecule has 3 heterocycles. The summed E-state index contributed by atoms with van der Waals surface area (Å²) in [7, 11) is 6.34. The van der Waals surface area contributed by atoms with Crippen LogP contribution in [-0.2, 0) is 0 Å². The zero-order valence-corrected chi connectivity index (χ0v) is 22.6. The zero-order chi connectivity index (χ0) is 23.1. The van der Waals surface area contributed by atoms with E-state index >= 15 is 0 Å². The van der Waals surface area contributed by atoms with Crippen LogP contribution >= 0.6 is 0 Å². The highest BCUT2D eigenvalue weighted by atomic mass is 15.2. The number of hydrogen-bond acceptors (Lipinski definition) is 4. The lowest BCUT2D eigenvalue weighted by Gasteiger charge is -2.29. The average molecular weight is 427 g/mol. The largest absolute Gasteiger partial charge is 0.307 e. The van der Waals surface area contributed by atoms with Gasteiger partial charge in [0.05, 0.1) is 0 Å². The predicted molar refractivity (Wildman–Crippen MR) is 137 cm³/mol. The van der Waals surface area contributed by atoms with Crippen molar-refractivity contribution in [3.05, 3.63) is 0 Å². The molecule has 1 unspecified atom stereocenters. The van der Waals surface area contributed by atoms with E-state index in [1.165, 1.54) is 77.7 Å². The molecule has 0 radical (unpaired) electrons. The summed E-state index contributed by atoms with van der Waals surface area (Å²) in [5.41, 5.74) is 0. The maximum atomic E-state index is 2.56. The lowest BCUT2D eigenvalue weighted by Crippen LogP contribution is -2.35. The first-order chi connectivity index (χ1) is 14.1. The number of nitrogens with zero attached hydrogens (tertiary/aromatic N) is 4. The van der Waals surface area contributed by atoms with E-state index in [-0.39, 0.29) is 0 Å². The van der Waals surface area contributed by atoms with Crippen LogP contribution in [0.25, 0.3) is 0 Å². The molecule has 3 aliphatic rings. The molecule has 182 valence electrons. The highest BCUT2D eigenvalue weighted by Gasteiger charge is 2.14. The summed E-state index contributed by atoms with van der Waals surface area (Å²) in [5.74, 6) is 0. The van der Waals surface area contributed by atoms with Gasteiger partial charge in [0.15, 0.2) is 0 Å². The van der Waals surface area contributed by atoms with Crippen LogP contribution in [0.3, 0.4) is 0 Å². The molecule has 1 atom stereocenters. The Kier molecular flexibility index (Phi) is 17.3. The highest BCUT2D eigenvalue weighted by Crippen LogP contribution is 2.12. The summed E-state index contributed by atoms with van der Waals surface area (Å²) in [5, 5.41) is 0. The Bertz CT molecular complexity index is 355. The Hall–Kier alpha value is -0.160. The second-order valence-electron chi connectivity index (χ2n) is 10.6. The number of hydrogen-bond donors (Lipinski definition) is 0. The third-order valence-corrected chi connectivity index (χ3v) is 6.91. The average Bonchev–Trinajstić information content (AvgIpc) is 3.37. The summed E-state index contributed by atoms with van der Waals surface area (Å²) < 4.78 is 0. The van der Waals surface area contributed by atoms with E-state index in [2.05, 4.69) is 89.2 Å². The van der Waals surface area contributed by atoms with Gasteiger partial charge in [-0.15, -0.1) is 0 Å². The van der Waals surface area contributed by atoms with E-state index in [0.717, 1.165) is 18.1 Å². The van der Waals surface area contributed by atoms with Gasteiger partial charge >= 0.3 is 0 Å². The topological polar surface area (TPSA) is 13.0 Å². The maximum Gasteiger partial charge on any atom is 0.00643 e. The van der Waals surface area contributed by atoms with Crippen LogP contribution in [0.2, 0.25) is 0 Å². The summed E-state index contributed by atoms with van der Waals surface area (Å²) in [4.78, 5) is 9.66. The maximum absolute atomic E-state index is 2.56. The van der Waals surface area contributed by atoms with Crippen molar-refractivity contribution < 1.29 is 0 Å². The molecule has 0 spiro atoms. The third-order valence-electron chi connectivity index (χ3n) is 6.91. The molecule has 30 heavy (non-hydrogen) atoms. The molecule has 4 heteroatoms. The van der Waals surface area contributed by atoms with Gasteiger partial charge in [0.25, 0.3) is 0 Å². The van der Waals surface area contributed by atoms with Crippen LogP contribution in [-0.4, -0.2) is 97.6 Å². The molecule has 3 rings (SSSR count). The van der Waals surface area contributed by atoms with Crippen molar-refractivity contribution in [2.75, 3.05) is 53.9 Å². The Labute approximate surface area is 191 Å². The van der Waals surface area contributed by atoms with Crippen molar-refractivity contribution in [3.8, 4) is 0 Å². The monoisotopic (exact) mass is 426 g/mol. The van der Waals surface area contributed by atoms with Gasteiger partial charge in [-0.25, -0.2) is 0 Å². The normalized spacial score (nSPS) is 23.2. The molecule has 0 N–H and O–H groups in total. The van der Waals surface area contributed by atoms with E-state index in [1.54, 1.807) is 0 Å². The number of piperidine rings is 1. The van der Waals surface area contributed by atoms with Gasteiger partial charge in [-0.2, -0.15) is 0 Å². The van der Waals surface area contributed by atoms with Gasteiger partial charge in [-0.1, -0.05) is 6.42 Å². The molecule has 3 fully saturated rings. The first-order valence-corrected chi connectivity index (χ1v) is 12.9. The molecular formula is C26H58N4. The molecule has 4 nitrogen and oxygen atoms in total. The van der Waals surface area contributed by atoms with Crippen LogP contribution in [0.4, 0.5) is 0 Å². The first kappa shape index (κ1) is 29.8. The van der Waals surface area contributed by atoms with E-state index < -0.39 is 0 Å². The molecule has 3 aliphatic heterocycles. The molecule has 0 bridgehead atoms. The Morgan fingerprint density at radius 3 is 1.17 bits per heavy atom. The molecule has 0 aromatic rings. The van der Waals surface area contributed by atoms with Gasteiger partial charge in [0.2, 0.25) is 0 Å². The molecule has 3 saturated heterocycles. The minimum absolute atomic E-state index is 0.685. The van der Waals surface area contributed by atoms with Gasteiger partial charge in [0, 0.05) is 24.2 Å². The van der Waals surface area contributed by atoms with Crippen molar-refractivity contribution in [3.63, 3.8) is 0 Å². The molecule has 0 aromatic heterocycles. The zero-order valence-electron chi connectivity index (χ0n) is 22.6. The van der Waals surface area contributed by atoms with Crippen LogP contribution in [0.5, 0.6) is 0 Å². The summed E-state index contributed by atoms with van der Waals surface area (Å²) in [6.07, 6.45) is 9.91. The van der Waals surface area contributed by atoms with Crippen molar-refractivity contribution >= 4 is 0 Å². The molecule has 0 amide bonds. The summed E-state index contributed by atoms with van der Waals surface area (Å²) in [6, 6.07) is 3.08. The van der Waals surface area contributed by atoms with Gasteiger partial charge in [-0.3, -0.25) is 0 Å². The van der Waals surface area contributed by atoms with E-state index in [9.17, 15) is 0 Å². The Morgan fingerprint density at radius 2 is 1.00 bits per heavy atom. The van der Waals surface area contributed by atoms with Crippen molar-refractivity contribution in [1.82, 2.24) is 19.6 Å². The molecule has 0 aromatic carbocycles. The number of rotatable bonds is 3. The number of likely N-dealkylation sites (tertiary alicyclic amines) is 3. The first-order valence-electron chi connectivity index (χ1n) is 12.9. The fourth-order valence-corrected chi connectivity index (χ4v) is 3.77. The molecule has 0 saturated carbocycles. The molecular weight excluding hydrogens is 368 g/mol. The third kappa shape index (κ3) is 14.8. The Morgan fingerprint density at radius 1 is 0.633 bits per heavy atom. The summed E-state index contributed by atoms with van der Waals surface area (Å²) >= 11 is 0. The second kappa shape index (κ2) is 17.4. The van der Waals surface area contributed by atoms with Gasteiger partial charge in [-0.05, 0) is 141 Å². The van der Waals surface area contributed by atoms with Crippen LogP contribution in [0.15, 0.2) is 0 Å². The lowest BCUT2D eigenvalue weighted by molar-refractivity contribution is 0.185.